The van der Waals surface area contributed by atoms with Crippen LogP contribution in [-0.4, -0.2) is 105 Å². The van der Waals surface area contributed by atoms with Gasteiger partial charge in [0.2, 0.25) is 5.91 Å². The Morgan fingerprint density at radius 1 is 1.19 bits per heavy atom. The van der Waals surface area contributed by atoms with Crippen molar-refractivity contribution in [1.29, 1.82) is 0 Å². The minimum absolute atomic E-state index is 0.00404. The van der Waals surface area contributed by atoms with Gasteiger partial charge in [-0.05, 0) is 19.3 Å². The van der Waals surface area contributed by atoms with Crippen LogP contribution in [0.25, 0.3) is 0 Å². The lowest BCUT2D eigenvalue weighted by Gasteiger charge is -2.39. The smallest absolute Gasteiger partial charge is 0.317 e. The molecule has 8 nitrogen and oxygen atoms in total. The lowest BCUT2D eigenvalue weighted by molar-refractivity contribution is -0.130. The number of likely N-dealkylation sites (tertiary alicyclic amines) is 1. The molecular weight excluding hydrogens is 336 g/mol. The molecule has 2 saturated heterocycles. The number of nitrogens with zero attached hydrogens (tertiary/aromatic N) is 3. The molecule has 26 heavy (non-hydrogen) atoms. The highest BCUT2D eigenvalue weighted by molar-refractivity contribution is 5.75. The summed E-state index contributed by atoms with van der Waals surface area (Å²) in [6.07, 6.45) is 2.49. The fourth-order valence-corrected chi connectivity index (χ4v) is 3.53. The number of amides is 3. The minimum Gasteiger partial charge on any atom is -0.385 e. The molecule has 0 spiro atoms. The number of morpholine rings is 1. The average molecular weight is 370 g/mol. The van der Waals surface area contributed by atoms with E-state index in [1.807, 2.05) is 9.80 Å². The SMILES string of the molecule is COCCCNC(=O)N(CCN1CCOCC1)C1CCN(C(C)=O)CC1. The molecule has 0 aromatic carbocycles. The zero-order valence-corrected chi connectivity index (χ0v) is 16.2. The number of hydrogen-bond donors (Lipinski definition) is 1. The summed E-state index contributed by atoms with van der Waals surface area (Å²) in [5.74, 6) is 0.118. The van der Waals surface area contributed by atoms with Gasteiger partial charge in [0.05, 0.1) is 13.2 Å². The summed E-state index contributed by atoms with van der Waals surface area (Å²) < 4.78 is 10.4. The standard InChI is InChI=1S/C18H34N4O4/c1-16(23)21-7-4-17(5-8-21)22(18(24)19-6-3-13-25-2)10-9-20-11-14-26-15-12-20/h17H,3-15H2,1-2H3,(H,19,24). The monoisotopic (exact) mass is 370 g/mol. The quantitative estimate of drug-likeness (QED) is 0.625. The fraction of sp³-hybridized carbons (Fsp3) is 0.889. The van der Waals surface area contributed by atoms with Gasteiger partial charge in [-0.3, -0.25) is 9.69 Å². The predicted molar refractivity (Wildman–Crippen MR) is 99.1 cm³/mol. The lowest BCUT2D eigenvalue weighted by Crippen LogP contribution is -2.54. The Labute approximate surface area is 156 Å². The number of methoxy groups -OCH3 is 1. The first-order chi connectivity index (χ1) is 12.6. The summed E-state index contributed by atoms with van der Waals surface area (Å²) in [7, 11) is 1.67. The molecule has 1 N–H and O–H groups in total. The molecule has 2 rings (SSSR count). The summed E-state index contributed by atoms with van der Waals surface area (Å²) in [4.78, 5) is 30.5. The Hall–Kier alpha value is -1.38. The van der Waals surface area contributed by atoms with Crippen molar-refractivity contribution in [2.24, 2.45) is 0 Å². The van der Waals surface area contributed by atoms with Crippen LogP contribution in [0.3, 0.4) is 0 Å². The van der Waals surface area contributed by atoms with Crippen LogP contribution in [0.15, 0.2) is 0 Å². The van der Waals surface area contributed by atoms with Crippen LogP contribution in [0.5, 0.6) is 0 Å². The van der Waals surface area contributed by atoms with Crippen LogP contribution in [0.1, 0.15) is 26.2 Å². The van der Waals surface area contributed by atoms with E-state index in [2.05, 4.69) is 10.2 Å². The minimum atomic E-state index is -0.00404. The molecule has 2 heterocycles. The number of rotatable bonds is 8. The highest BCUT2D eigenvalue weighted by atomic mass is 16.5. The van der Waals surface area contributed by atoms with Crippen molar-refractivity contribution in [2.45, 2.75) is 32.2 Å². The van der Waals surface area contributed by atoms with Gasteiger partial charge in [-0.2, -0.15) is 0 Å². The van der Waals surface area contributed by atoms with Gasteiger partial charge in [-0.1, -0.05) is 0 Å². The Morgan fingerprint density at radius 2 is 1.88 bits per heavy atom. The number of hydrogen-bond acceptors (Lipinski definition) is 5. The maximum atomic E-state index is 12.7. The van der Waals surface area contributed by atoms with Gasteiger partial charge in [0.15, 0.2) is 0 Å². The van der Waals surface area contributed by atoms with Gasteiger partial charge in [0, 0.05) is 72.5 Å². The highest BCUT2D eigenvalue weighted by Crippen LogP contribution is 2.17. The normalized spacial score (nSPS) is 19.4. The average Bonchev–Trinajstić information content (AvgIpc) is 2.66. The predicted octanol–water partition coefficient (Wildman–Crippen LogP) is 0.378. The first kappa shape index (κ1) is 20.9. The fourth-order valence-electron chi connectivity index (χ4n) is 3.53. The van der Waals surface area contributed by atoms with Crippen molar-refractivity contribution in [3.05, 3.63) is 0 Å². The van der Waals surface area contributed by atoms with E-state index in [-0.39, 0.29) is 18.0 Å². The Bertz CT molecular complexity index is 435. The molecule has 0 bridgehead atoms. The van der Waals surface area contributed by atoms with Crippen molar-refractivity contribution >= 4 is 11.9 Å². The van der Waals surface area contributed by atoms with E-state index in [0.29, 0.717) is 19.7 Å². The number of piperidine rings is 1. The van der Waals surface area contributed by atoms with Gasteiger partial charge in [0.1, 0.15) is 0 Å². The van der Waals surface area contributed by atoms with E-state index in [9.17, 15) is 9.59 Å². The summed E-state index contributed by atoms with van der Waals surface area (Å²) in [5, 5.41) is 3.02. The topological polar surface area (TPSA) is 74.4 Å². The zero-order valence-electron chi connectivity index (χ0n) is 16.2. The molecule has 0 aliphatic carbocycles. The molecule has 0 atom stereocenters. The maximum Gasteiger partial charge on any atom is 0.317 e. The second-order valence-corrected chi connectivity index (χ2v) is 6.96. The summed E-state index contributed by atoms with van der Waals surface area (Å²) in [6.45, 7) is 9.27. The van der Waals surface area contributed by atoms with Gasteiger partial charge < -0.3 is 24.6 Å². The molecule has 8 heteroatoms. The molecule has 150 valence electrons. The number of carbonyl (C=O) groups is 2. The van der Waals surface area contributed by atoms with Gasteiger partial charge in [-0.25, -0.2) is 4.79 Å². The Balaban J connectivity index is 1.87. The van der Waals surface area contributed by atoms with E-state index in [1.165, 1.54) is 0 Å². The number of urea groups is 1. The molecule has 3 amide bonds. The van der Waals surface area contributed by atoms with E-state index < -0.39 is 0 Å². The van der Waals surface area contributed by atoms with Gasteiger partial charge in [0.25, 0.3) is 0 Å². The molecule has 2 aliphatic rings. The van der Waals surface area contributed by atoms with E-state index in [1.54, 1.807) is 14.0 Å². The van der Waals surface area contributed by atoms with Crippen LogP contribution >= 0.6 is 0 Å². The molecule has 0 unspecified atom stereocenters. The van der Waals surface area contributed by atoms with Crippen LogP contribution in [-0.2, 0) is 14.3 Å². The third-order valence-electron chi connectivity index (χ3n) is 5.17. The van der Waals surface area contributed by atoms with Gasteiger partial charge >= 0.3 is 6.03 Å². The van der Waals surface area contributed by atoms with Crippen molar-refractivity contribution < 1.29 is 19.1 Å². The third-order valence-corrected chi connectivity index (χ3v) is 5.17. The number of nitrogens with one attached hydrogen (secondary N) is 1. The van der Waals surface area contributed by atoms with E-state index >= 15 is 0 Å². The summed E-state index contributed by atoms with van der Waals surface area (Å²) in [6, 6.07) is 0.185. The largest absolute Gasteiger partial charge is 0.385 e. The first-order valence-corrected chi connectivity index (χ1v) is 9.71. The first-order valence-electron chi connectivity index (χ1n) is 9.71. The van der Waals surface area contributed by atoms with Gasteiger partial charge in [-0.15, -0.1) is 0 Å². The number of carbonyl (C=O) groups excluding carboxylic acids is 2. The van der Waals surface area contributed by atoms with Crippen molar-refractivity contribution in [1.82, 2.24) is 20.0 Å². The molecule has 0 aromatic heterocycles. The third kappa shape index (κ3) is 6.74. The van der Waals surface area contributed by atoms with Crippen molar-refractivity contribution in [2.75, 3.05) is 72.7 Å². The van der Waals surface area contributed by atoms with Crippen LogP contribution in [0, 0.1) is 0 Å². The second-order valence-electron chi connectivity index (χ2n) is 6.96. The molecular formula is C18H34N4O4. The highest BCUT2D eigenvalue weighted by Gasteiger charge is 2.29. The second kappa shape index (κ2) is 11.4. The molecule has 0 saturated carbocycles. The molecule has 2 fully saturated rings. The van der Waals surface area contributed by atoms with E-state index in [4.69, 9.17) is 9.47 Å². The van der Waals surface area contributed by atoms with Crippen LogP contribution < -0.4 is 5.32 Å². The zero-order chi connectivity index (χ0) is 18.8. The molecule has 2 aliphatic heterocycles. The Morgan fingerprint density at radius 3 is 2.50 bits per heavy atom. The van der Waals surface area contributed by atoms with E-state index in [0.717, 1.165) is 65.2 Å². The Kier molecular flexibility index (Phi) is 9.14. The summed E-state index contributed by atoms with van der Waals surface area (Å²) >= 11 is 0. The number of ether oxygens (including phenoxy) is 2. The molecule has 0 radical (unpaired) electrons. The summed E-state index contributed by atoms with van der Waals surface area (Å²) in [5.41, 5.74) is 0. The lowest BCUT2D eigenvalue weighted by atomic mass is 10.0. The van der Waals surface area contributed by atoms with Crippen molar-refractivity contribution in [3.8, 4) is 0 Å². The van der Waals surface area contributed by atoms with Crippen molar-refractivity contribution in [3.63, 3.8) is 0 Å². The van der Waals surface area contributed by atoms with Crippen LogP contribution in [0.2, 0.25) is 0 Å². The van der Waals surface area contributed by atoms with Crippen LogP contribution in [0.4, 0.5) is 4.79 Å². The maximum absolute atomic E-state index is 12.7. The molecule has 0 aromatic rings.